The molecule has 218 valence electrons. The Morgan fingerprint density at radius 3 is 2.83 bits per heavy atom. The first-order valence-electron chi connectivity index (χ1n) is 13.4. The largest absolute Gasteiger partial charge is 0.481 e. The second-order valence-electron chi connectivity index (χ2n) is 10.4. The molecule has 3 aromatic heterocycles. The molecule has 0 amide bonds. The number of benzene rings is 2. The average molecular weight is 626 g/mol. The summed E-state index contributed by atoms with van der Waals surface area (Å²) in [5.74, 6) is -1.39. The molecule has 10 nitrogen and oxygen atoms in total. The Labute approximate surface area is 251 Å². The van der Waals surface area contributed by atoms with Gasteiger partial charge in [-0.2, -0.15) is 4.31 Å². The van der Waals surface area contributed by atoms with Crippen molar-refractivity contribution in [1.29, 1.82) is 0 Å². The number of ether oxygens (including phenoxy) is 1. The van der Waals surface area contributed by atoms with Gasteiger partial charge in [0.15, 0.2) is 0 Å². The number of carboxylic acid groups (broad SMARTS) is 1. The summed E-state index contributed by atoms with van der Waals surface area (Å²) in [5.41, 5.74) is 4.83. The van der Waals surface area contributed by atoms with E-state index in [9.17, 15) is 18.3 Å². The molecule has 13 heteroatoms. The van der Waals surface area contributed by atoms with Gasteiger partial charge < -0.3 is 9.84 Å². The number of fused-ring (bicyclic) bond motifs is 3. The molecular weight excluding hydrogens is 598 g/mol. The minimum Gasteiger partial charge on any atom is -0.481 e. The number of nitrogens with zero attached hydrogens (tertiary/aromatic N) is 5. The molecule has 2 atom stereocenters. The number of aliphatic carboxylic acids is 1. The predicted molar refractivity (Wildman–Crippen MR) is 161 cm³/mol. The van der Waals surface area contributed by atoms with Crippen LogP contribution in [0.2, 0.25) is 5.02 Å². The van der Waals surface area contributed by atoms with Crippen molar-refractivity contribution < 1.29 is 23.1 Å². The molecular formula is C29H28ClN5O5S2. The van der Waals surface area contributed by atoms with Gasteiger partial charge in [-0.15, -0.1) is 16.4 Å². The lowest BCUT2D eigenvalue weighted by atomic mass is 9.84. The first kappa shape index (κ1) is 28.5. The fraction of sp³-hybridized carbons (Fsp3) is 0.310. The highest BCUT2D eigenvalue weighted by Crippen LogP contribution is 2.39. The molecule has 0 fully saturated rings. The van der Waals surface area contributed by atoms with Crippen LogP contribution in [-0.4, -0.2) is 56.4 Å². The summed E-state index contributed by atoms with van der Waals surface area (Å²) in [6.07, 6.45) is 1.40. The summed E-state index contributed by atoms with van der Waals surface area (Å²) in [4.78, 5) is 16.2. The third-order valence-electron chi connectivity index (χ3n) is 7.78. The normalized spacial score (nSPS) is 17.6. The zero-order valence-corrected chi connectivity index (χ0v) is 25.5. The number of halogens is 1. The van der Waals surface area contributed by atoms with E-state index < -0.39 is 28.0 Å². The van der Waals surface area contributed by atoms with Gasteiger partial charge in [0.25, 0.3) is 0 Å². The van der Waals surface area contributed by atoms with Crippen molar-refractivity contribution in [3.8, 4) is 5.88 Å². The first-order valence-corrected chi connectivity index (χ1v) is 16.1. The third kappa shape index (κ3) is 5.02. The standard InChI is InChI=1S/C29H28ClN5O5S2/c1-4-21-15-35(42(38,39)25-11-20(30)13-31-29(25)40-21)14-19-10-18(9-17-7-8-41-28(17)19)23(12-26(36)37)22-5-6-24-27(16(22)2)32-33-34(24)3/h5-11,13,21,23H,4,12,14-15H2,1-3H3,(H,36,37)/t21-,23?/m1/s1. The van der Waals surface area contributed by atoms with Gasteiger partial charge in [0.1, 0.15) is 16.5 Å². The maximum absolute atomic E-state index is 13.9. The Morgan fingerprint density at radius 1 is 1.26 bits per heavy atom. The molecule has 0 saturated heterocycles. The number of pyridine rings is 1. The van der Waals surface area contributed by atoms with Crippen LogP contribution in [0.25, 0.3) is 21.1 Å². The second-order valence-corrected chi connectivity index (χ2v) is 13.7. The van der Waals surface area contributed by atoms with E-state index in [2.05, 4.69) is 15.3 Å². The zero-order valence-electron chi connectivity index (χ0n) is 23.1. The van der Waals surface area contributed by atoms with Crippen LogP contribution in [-0.2, 0) is 28.4 Å². The van der Waals surface area contributed by atoms with Crippen molar-refractivity contribution in [1.82, 2.24) is 24.3 Å². The second kappa shape index (κ2) is 10.9. The molecule has 0 aliphatic carbocycles. The molecule has 1 aliphatic rings. The third-order valence-corrected chi connectivity index (χ3v) is 10.8. The summed E-state index contributed by atoms with van der Waals surface area (Å²) in [6.45, 7) is 4.06. The van der Waals surface area contributed by atoms with Crippen molar-refractivity contribution in [3.05, 3.63) is 75.3 Å². The summed E-state index contributed by atoms with van der Waals surface area (Å²) in [5, 5.41) is 21.4. The summed E-state index contributed by atoms with van der Waals surface area (Å²) in [6, 6.07) is 11.1. The van der Waals surface area contributed by atoms with E-state index in [-0.39, 0.29) is 35.3 Å². The van der Waals surface area contributed by atoms with Crippen LogP contribution in [0, 0.1) is 6.92 Å². The maximum atomic E-state index is 13.9. The molecule has 2 aromatic carbocycles. The predicted octanol–water partition coefficient (Wildman–Crippen LogP) is 5.51. The Balaban J connectivity index is 1.47. The lowest BCUT2D eigenvalue weighted by Gasteiger charge is -2.24. The Hall–Kier alpha value is -3.58. The number of rotatable bonds is 7. The molecule has 1 aliphatic heterocycles. The van der Waals surface area contributed by atoms with Crippen molar-refractivity contribution >= 4 is 60.0 Å². The monoisotopic (exact) mass is 625 g/mol. The number of sulfonamides is 1. The minimum absolute atomic E-state index is 0.0418. The van der Waals surface area contributed by atoms with Gasteiger partial charge in [0.2, 0.25) is 15.9 Å². The maximum Gasteiger partial charge on any atom is 0.304 e. The summed E-state index contributed by atoms with van der Waals surface area (Å²) >= 11 is 7.66. The smallest absolute Gasteiger partial charge is 0.304 e. The van der Waals surface area contributed by atoms with Gasteiger partial charge in [-0.3, -0.25) is 4.79 Å². The van der Waals surface area contributed by atoms with Crippen LogP contribution in [0.5, 0.6) is 5.88 Å². The van der Waals surface area contributed by atoms with Gasteiger partial charge in [0.05, 0.1) is 23.5 Å². The van der Waals surface area contributed by atoms with E-state index in [0.717, 1.165) is 43.4 Å². The SMILES string of the molecule is CC[C@@H]1CN(Cc2cc(C(CC(=O)O)c3ccc4c(nnn4C)c3C)cc3ccsc23)S(=O)(=O)c2cc(Cl)cnc2O1. The Bertz CT molecular complexity index is 1950. The summed E-state index contributed by atoms with van der Waals surface area (Å²) in [7, 11) is -2.20. The molecule has 42 heavy (non-hydrogen) atoms. The molecule has 5 aromatic rings. The Kier molecular flexibility index (Phi) is 7.42. The molecule has 0 bridgehead atoms. The molecule has 1 N–H and O–H groups in total. The molecule has 0 spiro atoms. The van der Waals surface area contributed by atoms with Crippen LogP contribution >= 0.6 is 22.9 Å². The lowest BCUT2D eigenvalue weighted by Crippen LogP contribution is -2.36. The average Bonchev–Trinajstić information content (AvgIpc) is 3.56. The number of hydrogen-bond donors (Lipinski definition) is 1. The number of carboxylic acids is 1. The van der Waals surface area contributed by atoms with Gasteiger partial charge in [-0.1, -0.05) is 35.9 Å². The molecule has 0 saturated carbocycles. The first-order chi connectivity index (χ1) is 20.1. The van der Waals surface area contributed by atoms with E-state index in [1.165, 1.54) is 27.9 Å². The van der Waals surface area contributed by atoms with E-state index in [0.29, 0.717) is 6.42 Å². The van der Waals surface area contributed by atoms with Gasteiger partial charge >= 0.3 is 5.97 Å². The summed E-state index contributed by atoms with van der Waals surface area (Å²) < 4.78 is 37.9. The molecule has 4 heterocycles. The van der Waals surface area contributed by atoms with E-state index in [1.54, 1.807) is 4.68 Å². The van der Waals surface area contributed by atoms with Crippen molar-refractivity contribution in [2.45, 2.75) is 50.2 Å². The van der Waals surface area contributed by atoms with Crippen LogP contribution in [0.15, 0.2) is 52.9 Å². The number of thiophene rings is 1. The fourth-order valence-electron chi connectivity index (χ4n) is 5.60. The number of carbonyl (C=O) groups is 1. The van der Waals surface area contributed by atoms with E-state index >= 15 is 0 Å². The highest BCUT2D eigenvalue weighted by Gasteiger charge is 2.36. The highest BCUT2D eigenvalue weighted by atomic mass is 35.5. The van der Waals surface area contributed by atoms with E-state index in [1.807, 2.05) is 56.6 Å². The van der Waals surface area contributed by atoms with Crippen LogP contribution in [0.1, 0.15) is 47.9 Å². The van der Waals surface area contributed by atoms with Crippen molar-refractivity contribution in [3.63, 3.8) is 0 Å². The topological polar surface area (TPSA) is 128 Å². The van der Waals surface area contributed by atoms with Crippen LogP contribution in [0.4, 0.5) is 0 Å². The lowest BCUT2D eigenvalue weighted by molar-refractivity contribution is -0.137. The van der Waals surface area contributed by atoms with Crippen LogP contribution < -0.4 is 4.74 Å². The van der Waals surface area contributed by atoms with Crippen molar-refractivity contribution in [2.75, 3.05) is 6.54 Å². The van der Waals surface area contributed by atoms with Gasteiger partial charge in [-0.25, -0.2) is 18.1 Å². The van der Waals surface area contributed by atoms with Crippen molar-refractivity contribution in [2.24, 2.45) is 7.05 Å². The van der Waals surface area contributed by atoms with Crippen LogP contribution in [0.3, 0.4) is 0 Å². The van der Waals surface area contributed by atoms with Gasteiger partial charge in [0, 0.05) is 30.4 Å². The molecule has 0 radical (unpaired) electrons. The minimum atomic E-state index is -4.01. The Morgan fingerprint density at radius 2 is 2.07 bits per heavy atom. The number of aromatic nitrogens is 4. The quantitative estimate of drug-likeness (QED) is 0.251. The molecule has 1 unspecified atom stereocenters. The number of hydrogen-bond acceptors (Lipinski definition) is 8. The fourth-order valence-corrected chi connectivity index (χ4v) is 8.26. The molecule has 6 rings (SSSR count). The van der Waals surface area contributed by atoms with E-state index in [4.69, 9.17) is 16.3 Å². The highest BCUT2D eigenvalue weighted by molar-refractivity contribution is 7.89. The van der Waals surface area contributed by atoms with Gasteiger partial charge in [-0.05, 0) is 70.6 Å². The number of aryl methyl sites for hydroxylation is 2. The zero-order chi connectivity index (χ0) is 29.8.